The van der Waals surface area contributed by atoms with Gasteiger partial charge in [0.15, 0.2) is 17.3 Å². The number of anilines is 1. The van der Waals surface area contributed by atoms with Crippen LogP contribution in [0.3, 0.4) is 0 Å². The van der Waals surface area contributed by atoms with Crippen molar-refractivity contribution >= 4 is 27.5 Å². The van der Waals surface area contributed by atoms with Gasteiger partial charge in [0.1, 0.15) is 6.33 Å². The molecule has 0 aliphatic rings. The molecule has 0 aliphatic carbocycles. The normalized spacial score (nSPS) is 10.6. The van der Waals surface area contributed by atoms with E-state index < -0.39 is 0 Å². The Hall–Kier alpha value is -2.87. The van der Waals surface area contributed by atoms with Crippen LogP contribution in [0.4, 0.5) is 5.69 Å². The Morgan fingerprint density at radius 2 is 2.07 bits per heavy atom. The molecule has 1 aromatic heterocycles. The van der Waals surface area contributed by atoms with Crippen molar-refractivity contribution in [2.45, 2.75) is 20.4 Å². The van der Waals surface area contributed by atoms with Crippen LogP contribution < -0.4 is 14.8 Å². The van der Waals surface area contributed by atoms with E-state index in [-0.39, 0.29) is 5.91 Å². The number of hydrogen-bond donors (Lipinski definition) is 1. The van der Waals surface area contributed by atoms with Crippen LogP contribution >= 0.6 is 15.9 Å². The van der Waals surface area contributed by atoms with Gasteiger partial charge >= 0.3 is 0 Å². The molecular weight excluding hydrogens is 424 g/mol. The molecule has 0 aliphatic heterocycles. The SMILES string of the molecule is CCOc1c(Br)cc(C(=O)Nc2cccc(-c3nncn3CC)c2)cc1OC. The molecule has 8 heteroatoms. The van der Waals surface area contributed by atoms with Crippen LogP contribution in [-0.2, 0) is 6.54 Å². The van der Waals surface area contributed by atoms with Gasteiger partial charge in [-0.25, -0.2) is 0 Å². The standard InChI is InChI=1S/C20H21BrN4O3/c1-4-25-12-22-24-19(25)13-7-6-8-15(9-13)23-20(26)14-10-16(21)18(28-5-2)17(11-14)27-3/h6-12H,4-5H2,1-3H3,(H,23,26). The highest BCUT2D eigenvalue weighted by atomic mass is 79.9. The average Bonchev–Trinajstić information content (AvgIpc) is 3.18. The number of carbonyl (C=O) groups excluding carboxylic acids is 1. The van der Waals surface area contributed by atoms with Gasteiger partial charge in [-0.1, -0.05) is 12.1 Å². The highest BCUT2D eigenvalue weighted by Crippen LogP contribution is 2.37. The monoisotopic (exact) mass is 444 g/mol. The molecule has 0 radical (unpaired) electrons. The highest BCUT2D eigenvalue weighted by molar-refractivity contribution is 9.10. The zero-order valence-electron chi connectivity index (χ0n) is 15.9. The second kappa shape index (κ2) is 8.88. The lowest BCUT2D eigenvalue weighted by atomic mass is 10.1. The number of methoxy groups -OCH3 is 1. The Bertz CT molecular complexity index is 987. The van der Waals surface area contributed by atoms with Gasteiger partial charge in [0.05, 0.1) is 18.2 Å². The Kier molecular flexibility index (Phi) is 6.30. The molecule has 3 aromatic rings. The minimum Gasteiger partial charge on any atom is -0.493 e. The molecule has 0 saturated carbocycles. The van der Waals surface area contributed by atoms with Gasteiger partial charge in [-0.05, 0) is 54.0 Å². The van der Waals surface area contributed by atoms with Crippen LogP contribution in [0.15, 0.2) is 47.2 Å². The number of halogens is 1. The van der Waals surface area contributed by atoms with Crippen molar-refractivity contribution in [2.75, 3.05) is 19.0 Å². The van der Waals surface area contributed by atoms with Crippen molar-refractivity contribution in [2.24, 2.45) is 0 Å². The lowest BCUT2D eigenvalue weighted by Crippen LogP contribution is -2.12. The first-order chi connectivity index (χ1) is 13.6. The van der Waals surface area contributed by atoms with E-state index in [1.807, 2.05) is 42.7 Å². The Morgan fingerprint density at radius 1 is 1.25 bits per heavy atom. The van der Waals surface area contributed by atoms with Crippen LogP contribution in [0.25, 0.3) is 11.4 Å². The summed E-state index contributed by atoms with van der Waals surface area (Å²) in [6.45, 7) is 5.17. The van der Waals surface area contributed by atoms with Gasteiger partial charge in [0.2, 0.25) is 0 Å². The summed E-state index contributed by atoms with van der Waals surface area (Å²) in [5.74, 6) is 1.56. The molecule has 7 nitrogen and oxygen atoms in total. The molecule has 0 atom stereocenters. The van der Waals surface area contributed by atoms with E-state index >= 15 is 0 Å². The Morgan fingerprint density at radius 3 is 2.79 bits per heavy atom. The molecule has 0 spiro atoms. The third-order valence-electron chi connectivity index (χ3n) is 4.12. The average molecular weight is 445 g/mol. The lowest BCUT2D eigenvalue weighted by molar-refractivity contribution is 0.102. The third kappa shape index (κ3) is 4.17. The van der Waals surface area contributed by atoms with Crippen molar-refractivity contribution in [3.05, 3.63) is 52.8 Å². The van der Waals surface area contributed by atoms with Crippen molar-refractivity contribution in [1.82, 2.24) is 14.8 Å². The second-order valence-corrected chi connectivity index (χ2v) is 6.75. The smallest absolute Gasteiger partial charge is 0.255 e. The fourth-order valence-corrected chi connectivity index (χ4v) is 3.34. The number of benzene rings is 2. The zero-order chi connectivity index (χ0) is 20.1. The predicted octanol–water partition coefficient (Wildman–Crippen LogP) is 4.39. The summed E-state index contributed by atoms with van der Waals surface area (Å²) in [6.07, 6.45) is 1.68. The van der Waals surface area contributed by atoms with Crippen molar-refractivity contribution < 1.29 is 14.3 Å². The van der Waals surface area contributed by atoms with E-state index in [9.17, 15) is 4.79 Å². The molecule has 0 fully saturated rings. The number of aryl methyl sites for hydroxylation is 1. The van der Waals surface area contributed by atoms with E-state index in [4.69, 9.17) is 9.47 Å². The summed E-state index contributed by atoms with van der Waals surface area (Å²) in [4.78, 5) is 12.8. The van der Waals surface area contributed by atoms with Crippen LogP contribution in [-0.4, -0.2) is 34.4 Å². The van der Waals surface area contributed by atoms with Gasteiger partial charge in [-0.3, -0.25) is 4.79 Å². The maximum absolute atomic E-state index is 12.8. The maximum Gasteiger partial charge on any atom is 0.255 e. The van der Waals surface area contributed by atoms with E-state index in [1.54, 1.807) is 25.6 Å². The van der Waals surface area contributed by atoms with Gasteiger partial charge in [-0.15, -0.1) is 10.2 Å². The molecule has 0 bridgehead atoms. The summed E-state index contributed by atoms with van der Waals surface area (Å²) < 4.78 is 13.5. The van der Waals surface area contributed by atoms with Crippen molar-refractivity contribution in [3.8, 4) is 22.9 Å². The molecule has 1 heterocycles. The molecular formula is C20H21BrN4O3. The van der Waals surface area contributed by atoms with Gasteiger partial charge in [0, 0.05) is 23.4 Å². The molecule has 146 valence electrons. The highest BCUT2D eigenvalue weighted by Gasteiger charge is 2.16. The minimum absolute atomic E-state index is 0.254. The first-order valence-corrected chi connectivity index (χ1v) is 9.66. The topological polar surface area (TPSA) is 78.3 Å². The van der Waals surface area contributed by atoms with Gasteiger partial charge in [-0.2, -0.15) is 0 Å². The first-order valence-electron chi connectivity index (χ1n) is 8.87. The van der Waals surface area contributed by atoms with E-state index in [1.165, 1.54) is 0 Å². The van der Waals surface area contributed by atoms with Crippen LogP contribution in [0.2, 0.25) is 0 Å². The molecule has 28 heavy (non-hydrogen) atoms. The summed E-state index contributed by atoms with van der Waals surface area (Å²) in [5, 5.41) is 11.0. The largest absolute Gasteiger partial charge is 0.493 e. The Labute approximate surface area is 171 Å². The fourth-order valence-electron chi connectivity index (χ4n) is 2.78. The quantitative estimate of drug-likeness (QED) is 0.584. The molecule has 0 unspecified atom stereocenters. The third-order valence-corrected chi connectivity index (χ3v) is 4.70. The predicted molar refractivity (Wildman–Crippen MR) is 111 cm³/mol. The van der Waals surface area contributed by atoms with Gasteiger partial charge in [0.25, 0.3) is 5.91 Å². The summed E-state index contributed by atoms with van der Waals surface area (Å²) in [7, 11) is 1.54. The molecule has 0 saturated heterocycles. The zero-order valence-corrected chi connectivity index (χ0v) is 17.5. The number of nitrogens with one attached hydrogen (secondary N) is 1. The van der Waals surface area contributed by atoms with E-state index in [0.29, 0.717) is 33.8 Å². The van der Waals surface area contributed by atoms with Crippen LogP contribution in [0.1, 0.15) is 24.2 Å². The van der Waals surface area contributed by atoms with Gasteiger partial charge < -0.3 is 19.4 Å². The lowest BCUT2D eigenvalue weighted by Gasteiger charge is -2.13. The van der Waals surface area contributed by atoms with Crippen LogP contribution in [0, 0.1) is 0 Å². The molecule has 1 N–H and O–H groups in total. The number of rotatable bonds is 7. The first kappa shape index (κ1) is 19.9. The minimum atomic E-state index is -0.254. The summed E-state index contributed by atoms with van der Waals surface area (Å²) >= 11 is 3.44. The summed E-state index contributed by atoms with van der Waals surface area (Å²) in [5.41, 5.74) is 1.99. The van der Waals surface area contributed by atoms with Crippen LogP contribution in [0.5, 0.6) is 11.5 Å². The number of nitrogens with zero attached hydrogens (tertiary/aromatic N) is 3. The molecule has 1 amide bonds. The number of amides is 1. The second-order valence-electron chi connectivity index (χ2n) is 5.90. The van der Waals surface area contributed by atoms with E-state index in [2.05, 4.69) is 31.4 Å². The van der Waals surface area contributed by atoms with Crippen molar-refractivity contribution in [1.29, 1.82) is 0 Å². The number of carbonyl (C=O) groups is 1. The molecule has 3 rings (SSSR count). The number of hydrogen-bond acceptors (Lipinski definition) is 5. The summed E-state index contributed by atoms with van der Waals surface area (Å²) in [6, 6.07) is 10.9. The maximum atomic E-state index is 12.8. The number of ether oxygens (including phenoxy) is 2. The molecule has 2 aromatic carbocycles. The Balaban J connectivity index is 1.86. The fraction of sp³-hybridized carbons (Fsp3) is 0.250. The van der Waals surface area contributed by atoms with Crippen molar-refractivity contribution in [3.63, 3.8) is 0 Å². The number of aromatic nitrogens is 3. The van der Waals surface area contributed by atoms with E-state index in [0.717, 1.165) is 17.9 Å².